The van der Waals surface area contributed by atoms with Crippen LogP contribution in [0.4, 0.5) is 0 Å². The Balaban J connectivity index is 0.00000112. The van der Waals surface area contributed by atoms with E-state index in [4.69, 9.17) is 10.8 Å². The summed E-state index contributed by atoms with van der Waals surface area (Å²) in [6.07, 6.45) is 1.40. The van der Waals surface area contributed by atoms with E-state index < -0.39 is 5.97 Å². The van der Waals surface area contributed by atoms with Crippen LogP contribution in [-0.2, 0) is 4.79 Å². The highest BCUT2D eigenvalue weighted by Gasteiger charge is 2.29. The summed E-state index contributed by atoms with van der Waals surface area (Å²) in [6.45, 7) is 0. The van der Waals surface area contributed by atoms with Crippen molar-refractivity contribution in [2.75, 3.05) is 0 Å². The maximum Gasteiger partial charge on any atom is 0.310 e. The second-order valence-electron chi connectivity index (χ2n) is 3.70. The van der Waals surface area contributed by atoms with Gasteiger partial charge in [-0.1, -0.05) is 24.3 Å². The summed E-state index contributed by atoms with van der Waals surface area (Å²) in [5, 5.41) is 9.03. The van der Waals surface area contributed by atoms with Crippen LogP contribution in [0.2, 0.25) is 0 Å². The van der Waals surface area contributed by atoms with Crippen molar-refractivity contribution in [1.82, 2.24) is 0 Å². The molecule has 0 saturated carbocycles. The topological polar surface area (TPSA) is 63.3 Å². The number of aliphatic carboxylic acids is 1. The molecule has 0 aliphatic heterocycles. The lowest BCUT2D eigenvalue weighted by Gasteiger charge is -2.26. The van der Waals surface area contributed by atoms with Gasteiger partial charge in [0.2, 0.25) is 0 Å². The number of halogens is 1. The zero-order valence-corrected chi connectivity index (χ0v) is 9.04. The molecule has 15 heavy (non-hydrogen) atoms. The third kappa shape index (κ3) is 2.13. The summed E-state index contributed by atoms with van der Waals surface area (Å²) < 4.78 is 0. The highest BCUT2D eigenvalue weighted by atomic mass is 35.5. The molecule has 1 aliphatic rings. The molecule has 1 aromatic carbocycles. The van der Waals surface area contributed by atoms with Crippen molar-refractivity contribution in [1.29, 1.82) is 0 Å². The van der Waals surface area contributed by atoms with Crippen molar-refractivity contribution in [3.8, 4) is 0 Å². The first-order valence-corrected chi connectivity index (χ1v) is 4.77. The summed E-state index contributed by atoms with van der Waals surface area (Å²) in [5.74, 6) is -1.12. The molecule has 4 heteroatoms. The summed E-state index contributed by atoms with van der Waals surface area (Å²) in [6, 6.07) is 7.57. The number of carboxylic acid groups (broad SMARTS) is 1. The van der Waals surface area contributed by atoms with Gasteiger partial charge in [0, 0.05) is 6.04 Å². The van der Waals surface area contributed by atoms with E-state index in [1.54, 1.807) is 0 Å². The molecule has 0 spiro atoms. The lowest BCUT2D eigenvalue weighted by molar-refractivity contribution is -0.139. The first kappa shape index (κ1) is 12.0. The fraction of sp³-hybridized carbons (Fsp3) is 0.364. The summed E-state index contributed by atoms with van der Waals surface area (Å²) >= 11 is 0. The number of benzene rings is 1. The zero-order chi connectivity index (χ0) is 10.1. The molecule has 0 saturated heterocycles. The minimum atomic E-state index is -0.746. The smallest absolute Gasteiger partial charge is 0.310 e. The van der Waals surface area contributed by atoms with Gasteiger partial charge in [-0.05, 0) is 24.0 Å². The summed E-state index contributed by atoms with van der Waals surface area (Å²) in [7, 11) is 0. The van der Waals surface area contributed by atoms with Crippen molar-refractivity contribution in [3.05, 3.63) is 35.4 Å². The van der Waals surface area contributed by atoms with Crippen LogP contribution < -0.4 is 5.73 Å². The third-order valence-corrected chi connectivity index (χ3v) is 2.84. The van der Waals surface area contributed by atoms with Crippen molar-refractivity contribution >= 4 is 18.4 Å². The van der Waals surface area contributed by atoms with Crippen LogP contribution in [0.5, 0.6) is 0 Å². The average Bonchev–Trinajstić information content (AvgIpc) is 2.18. The maximum atomic E-state index is 11.0. The number of nitrogens with two attached hydrogens (primary N) is 1. The molecule has 1 aromatic rings. The Bertz CT molecular complexity index is 367. The molecule has 0 radical (unpaired) electrons. The number of rotatable bonds is 1. The SMILES string of the molecule is Cl.NC1CCC(C(=O)O)c2ccccc21. The Hall–Kier alpha value is -1.06. The van der Waals surface area contributed by atoms with Gasteiger partial charge >= 0.3 is 5.97 Å². The first-order chi connectivity index (χ1) is 6.70. The van der Waals surface area contributed by atoms with Crippen LogP contribution >= 0.6 is 12.4 Å². The van der Waals surface area contributed by atoms with Gasteiger partial charge in [0.05, 0.1) is 5.92 Å². The molecule has 2 unspecified atom stereocenters. The van der Waals surface area contributed by atoms with Crippen LogP contribution in [0.15, 0.2) is 24.3 Å². The van der Waals surface area contributed by atoms with Gasteiger partial charge < -0.3 is 10.8 Å². The predicted molar refractivity (Wildman–Crippen MR) is 60.2 cm³/mol. The Morgan fingerprint density at radius 1 is 1.27 bits per heavy atom. The summed E-state index contributed by atoms with van der Waals surface area (Å²) in [5.41, 5.74) is 7.80. The molecule has 1 aliphatic carbocycles. The van der Waals surface area contributed by atoms with Crippen molar-refractivity contribution < 1.29 is 9.90 Å². The van der Waals surface area contributed by atoms with Gasteiger partial charge in [-0.3, -0.25) is 4.79 Å². The minimum Gasteiger partial charge on any atom is -0.481 e. The van der Waals surface area contributed by atoms with Crippen molar-refractivity contribution in [2.24, 2.45) is 5.73 Å². The first-order valence-electron chi connectivity index (χ1n) is 4.77. The van der Waals surface area contributed by atoms with Crippen LogP contribution in [-0.4, -0.2) is 11.1 Å². The molecule has 3 N–H and O–H groups in total. The third-order valence-electron chi connectivity index (χ3n) is 2.84. The molecule has 0 bridgehead atoms. The van der Waals surface area contributed by atoms with Crippen molar-refractivity contribution in [3.63, 3.8) is 0 Å². The second-order valence-corrected chi connectivity index (χ2v) is 3.70. The molecular weight excluding hydrogens is 214 g/mol. The fourth-order valence-corrected chi connectivity index (χ4v) is 2.08. The quantitative estimate of drug-likeness (QED) is 0.772. The Morgan fingerprint density at radius 2 is 1.87 bits per heavy atom. The highest BCUT2D eigenvalue weighted by molar-refractivity contribution is 5.85. The highest BCUT2D eigenvalue weighted by Crippen LogP contribution is 2.35. The molecule has 0 aromatic heterocycles. The molecule has 0 heterocycles. The van der Waals surface area contributed by atoms with E-state index in [-0.39, 0.29) is 24.4 Å². The number of carbonyl (C=O) groups is 1. The number of carboxylic acids is 1. The number of hydrogen-bond donors (Lipinski definition) is 2. The average molecular weight is 228 g/mol. The molecular formula is C11H14ClNO2. The monoisotopic (exact) mass is 227 g/mol. The van der Waals surface area contributed by atoms with Gasteiger partial charge in [0.1, 0.15) is 0 Å². The van der Waals surface area contributed by atoms with Crippen LogP contribution in [0, 0.1) is 0 Å². The Morgan fingerprint density at radius 3 is 2.47 bits per heavy atom. The molecule has 0 amide bonds. The van der Waals surface area contributed by atoms with Gasteiger partial charge in [-0.15, -0.1) is 12.4 Å². The lowest BCUT2D eigenvalue weighted by Crippen LogP contribution is -2.24. The number of fused-ring (bicyclic) bond motifs is 1. The summed E-state index contributed by atoms with van der Waals surface area (Å²) in [4.78, 5) is 11.0. The van der Waals surface area contributed by atoms with Gasteiger partial charge in [0.25, 0.3) is 0 Å². The van der Waals surface area contributed by atoms with Crippen LogP contribution in [0.1, 0.15) is 35.9 Å². The molecule has 3 nitrogen and oxygen atoms in total. The lowest BCUT2D eigenvalue weighted by atomic mass is 9.80. The zero-order valence-electron chi connectivity index (χ0n) is 8.22. The van der Waals surface area contributed by atoms with E-state index in [2.05, 4.69) is 0 Å². The Kier molecular flexibility index (Phi) is 3.72. The second kappa shape index (κ2) is 4.64. The van der Waals surface area contributed by atoms with E-state index in [0.29, 0.717) is 6.42 Å². The molecule has 2 atom stereocenters. The van der Waals surface area contributed by atoms with E-state index in [1.807, 2.05) is 24.3 Å². The van der Waals surface area contributed by atoms with E-state index in [1.165, 1.54) is 0 Å². The van der Waals surface area contributed by atoms with E-state index in [9.17, 15) is 4.79 Å². The molecule has 82 valence electrons. The standard InChI is InChI=1S/C11H13NO2.ClH/c12-10-6-5-9(11(13)14)7-3-1-2-4-8(7)10;/h1-4,9-10H,5-6,12H2,(H,13,14);1H. The largest absolute Gasteiger partial charge is 0.481 e. The van der Waals surface area contributed by atoms with Gasteiger partial charge in [0.15, 0.2) is 0 Å². The molecule has 0 fully saturated rings. The fourth-order valence-electron chi connectivity index (χ4n) is 2.08. The maximum absolute atomic E-state index is 11.0. The predicted octanol–water partition coefficient (Wildman–Crippen LogP) is 2.07. The van der Waals surface area contributed by atoms with E-state index in [0.717, 1.165) is 17.5 Å². The van der Waals surface area contributed by atoms with Crippen molar-refractivity contribution in [2.45, 2.75) is 24.8 Å². The molecule has 2 rings (SSSR count). The van der Waals surface area contributed by atoms with E-state index >= 15 is 0 Å². The number of hydrogen-bond acceptors (Lipinski definition) is 2. The van der Waals surface area contributed by atoms with Gasteiger partial charge in [-0.2, -0.15) is 0 Å². The van der Waals surface area contributed by atoms with Crippen LogP contribution in [0.25, 0.3) is 0 Å². The Labute approximate surface area is 94.7 Å². The van der Waals surface area contributed by atoms with Gasteiger partial charge in [-0.25, -0.2) is 0 Å². The van der Waals surface area contributed by atoms with Crippen LogP contribution in [0.3, 0.4) is 0 Å². The minimum absolute atomic E-state index is 0. The normalized spacial score (nSPS) is 23.8.